The van der Waals surface area contributed by atoms with Gasteiger partial charge in [-0.1, -0.05) is 6.07 Å². The van der Waals surface area contributed by atoms with Crippen LogP contribution in [-0.2, 0) is 4.79 Å². The molecule has 0 spiro atoms. The van der Waals surface area contributed by atoms with E-state index < -0.39 is 23.8 Å². The maximum absolute atomic E-state index is 13.1. The number of hydrogen-bond donors (Lipinski definition) is 1. The molecule has 26 heavy (non-hydrogen) atoms. The molecule has 2 aromatic carbocycles. The topological polar surface area (TPSA) is 65.0 Å². The molecule has 1 atom stereocenters. The maximum atomic E-state index is 13.1. The summed E-state index contributed by atoms with van der Waals surface area (Å²) in [6.07, 6.45) is -6.46. The summed E-state index contributed by atoms with van der Waals surface area (Å²) in [5.74, 6) is -0.633. The number of methoxy groups -OCH3 is 1. The number of ether oxygens (including phenoxy) is 3. The molecular formula is C18H13F3O5. The minimum Gasteiger partial charge on any atom is -0.497 e. The Morgan fingerprint density at radius 2 is 1.77 bits per heavy atom. The summed E-state index contributed by atoms with van der Waals surface area (Å²) in [7, 11) is 1.51. The quantitative estimate of drug-likeness (QED) is 0.875. The molecule has 1 unspecified atom stereocenters. The summed E-state index contributed by atoms with van der Waals surface area (Å²) in [6.45, 7) is 0. The van der Waals surface area contributed by atoms with Crippen LogP contribution in [0.1, 0.15) is 5.56 Å². The van der Waals surface area contributed by atoms with Crippen LogP contribution >= 0.6 is 0 Å². The Morgan fingerprint density at radius 3 is 2.35 bits per heavy atom. The van der Waals surface area contributed by atoms with E-state index in [2.05, 4.69) is 0 Å². The molecule has 5 nitrogen and oxygen atoms in total. The fourth-order valence-corrected chi connectivity index (χ4v) is 2.47. The van der Waals surface area contributed by atoms with Gasteiger partial charge in [-0.3, -0.25) is 0 Å². The molecule has 1 aliphatic rings. The summed E-state index contributed by atoms with van der Waals surface area (Å²) < 4.78 is 54.9. The third-order valence-corrected chi connectivity index (χ3v) is 3.68. The third kappa shape index (κ3) is 3.44. The molecule has 0 aliphatic carbocycles. The van der Waals surface area contributed by atoms with E-state index in [1.165, 1.54) is 25.3 Å². The Kier molecular flexibility index (Phi) is 4.50. The molecule has 0 radical (unpaired) electrons. The molecule has 1 heterocycles. The number of halogens is 3. The van der Waals surface area contributed by atoms with E-state index in [4.69, 9.17) is 19.3 Å². The van der Waals surface area contributed by atoms with Crippen LogP contribution in [0.5, 0.6) is 23.0 Å². The minimum atomic E-state index is -4.85. The second-order valence-electron chi connectivity index (χ2n) is 5.39. The molecule has 0 saturated carbocycles. The van der Waals surface area contributed by atoms with Crippen molar-refractivity contribution in [1.82, 2.24) is 0 Å². The number of rotatable bonds is 4. The smallest absolute Gasteiger partial charge is 0.430 e. The normalized spacial score (nSPS) is 16.2. The summed E-state index contributed by atoms with van der Waals surface area (Å²) in [5.41, 5.74) is -0.781. The Labute approximate surface area is 146 Å². The average Bonchev–Trinajstić information content (AvgIpc) is 2.60. The highest BCUT2D eigenvalue weighted by Gasteiger charge is 2.48. The zero-order valence-electron chi connectivity index (χ0n) is 13.4. The van der Waals surface area contributed by atoms with Gasteiger partial charge in [0.1, 0.15) is 23.0 Å². The van der Waals surface area contributed by atoms with Crippen LogP contribution in [0.4, 0.5) is 13.2 Å². The first-order valence-electron chi connectivity index (χ1n) is 7.43. The highest BCUT2D eigenvalue weighted by molar-refractivity contribution is 5.95. The van der Waals surface area contributed by atoms with Crippen LogP contribution in [0.3, 0.4) is 0 Å². The summed E-state index contributed by atoms with van der Waals surface area (Å²) in [5, 5.41) is 9.13. The molecule has 0 saturated heterocycles. The molecule has 0 bridgehead atoms. The van der Waals surface area contributed by atoms with Crippen molar-refractivity contribution in [3.63, 3.8) is 0 Å². The van der Waals surface area contributed by atoms with E-state index >= 15 is 0 Å². The van der Waals surface area contributed by atoms with Gasteiger partial charge in [-0.2, -0.15) is 13.2 Å². The van der Waals surface area contributed by atoms with Crippen molar-refractivity contribution in [3.8, 4) is 23.0 Å². The van der Waals surface area contributed by atoms with E-state index in [1.807, 2.05) is 0 Å². The van der Waals surface area contributed by atoms with Gasteiger partial charge in [0.25, 0.3) is 0 Å². The predicted molar refractivity (Wildman–Crippen MR) is 85.6 cm³/mol. The van der Waals surface area contributed by atoms with Crippen molar-refractivity contribution >= 4 is 12.0 Å². The fourth-order valence-electron chi connectivity index (χ4n) is 2.47. The number of hydrogen-bond acceptors (Lipinski definition) is 4. The standard InChI is InChI=1S/C18H13F3O5/c1-24-10-5-7-11(8-6-10)25-14-3-2-4-15-12(14)9-13(17(22)23)16(26-15)18(19,20)21/h2-9,16H,1H3,(H,22,23). The first-order valence-corrected chi connectivity index (χ1v) is 7.43. The number of aliphatic carboxylic acids is 1. The summed E-state index contributed by atoms with van der Waals surface area (Å²) in [4.78, 5) is 11.3. The van der Waals surface area contributed by atoms with Gasteiger partial charge in [0.2, 0.25) is 6.10 Å². The highest BCUT2D eigenvalue weighted by Crippen LogP contribution is 2.42. The van der Waals surface area contributed by atoms with E-state index in [9.17, 15) is 18.0 Å². The molecule has 0 amide bonds. The van der Waals surface area contributed by atoms with Gasteiger partial charge < -0.3 is 19.3 Å². The lowest BCUT2D eigenvalue weighted by Gasteiger charge is -2.27. The van der Waals surface area contributed by atoms with Gasteiger partial charge in [0.15, 0.2) is 0 Å². The van der Waals surface area contributed by atoms with Crippen molar-refractivity contribution in [2.24, 2.45) is 0 Å². The van der Waals surface area contributed by atoms with E-state index in [0.29, 0.717) is 11.5 Å². The number of benzene rings is 2. The van der Waals surface area contributed by atoms with E-state index in [0.717, 1.165) is 6.08 Å². The molecule has 1 N–H and O–H groups in total. The van der Waals surface area contributed by atoms with E-state index in [-0.39, 0.29) is 17.1 Å². The van der Waals surface area contributed by atoms with Crippen LogP contribution in [0.15, 0.2) is 48.0 Å². The minimum absolute atomic E-state index is 0.108. The monoisotopic (exact) mass is 366 g/mol. The van der Waals surface area contributed by atoms with Crippen LogP contribution in [0.2, 0.25) is 0 Å². The van der Waals surface area contributed by atoms with Gasteiger partial charge in [0, 0.05) is 0 Å². The highest BCUT2D eigenvalue weighted by atomic mass is 19.4. The molecule has 1 aliphatic heterocycles. The van der Waals surface area contributed by atoms with Crippen LogP contribution in [0, 0.1) is 0 Å². The first kappa shape index (κ1) is 17.7. The number of carbonyl (C=O) groups is 1. The molecule has 136 valence electrons. The van der Waals surface area contributed by atoms with E-state index in [1.54, 1.807) is 24.3 Å². The molecule has 2 aromatic rings. The molecular weight excluding hydrogens is 353 g/mol. The van der Waals surface area contributed by atoms with Crippen LogP contribution in [-0.4, -0.2) is 30.5 Å². The van der Waals surface area contributed by atoms with Crippen molar-refractivity contribution in [2.75, 3.05) is 7.11 Å². The Morgan fingerprint density at radius 1 is 1.12 bits per heavy atom. The first-order chi connectivity index (χ1) is 12.3. The van der Waals surface area contributed by atoms with Crippen molar-refractivity contribution < 1.29 is 37.3 Å². The fraction of sp³-hybridized carbons (Fsp3) is 0.167. The Hall–Kier alpha value is -3.16. The molecule has 0 aromatic heterocycles. The zero-order chi connectivity index (χ0) is 18.9. The number of carboxylic acids is 1. The lowest BCUT2D eigenvalue weighted by molar-refractivity contribution is -0.187. The number of fused-ring (bicyclic) bond motifs is 1. The van der Waals surface area contributed by atoms with Crippen molar-refractivity contribution in [3.05, 3.63) is 53.6 Å². The number of carboxylic acid groups (broad SMARTS) is 1. The summed E-state index contributed by atoms with van der Waals surface area (Å²) >= 11 is 0. The van der Waals surface area contributed by atoms with Crippen LogP contribution in [0.25, 0.3) is 6.08 Å². The largest absolute Gasteiger partial charge is 0.497 e. The number of alkyl halides is 3. The average molecular weight is 366 g/mol. The van der Waals surface area contributed by atoms with Gasteiger partial charge in [-0.15, -0.1) is 0 Å². The van der Waals surface area contributed by atoms with Gasteiger partial charge in [-0.25, -0.2) is 4.79 Å². The second kappa shape index (κ2) is 6.62. The van der Waals surface area contributed by atoms with Gasteiger partial charge in [-0.05, 0) is 42.5 Å². The van der Waals surface area contributed by atoms with Gasteiger partial charge in [0.05, 0.1) is 18.2 Å². The molecule has 8 heteroatoms. The predicted octanol–water partition coefficient (Wildman–Crippen LogP) is 4.28. The lowest BCUT2D eigenvalue weighted by Crippen LogP contribution is -2.40. The Bertz CT molecular complexity index is 856. The zero-order valence-corrected chi connectivity index (χ0v) is 13.4. The Balaban J connectivity index is 2.00. The lowest BCUT2D eigenvalue weighted by atomic mass is 10.0. The summed E-state index contributed by atoms with van der Waals surface area (Å²) in [6, 6.07) is 10.8. The van der Waals surface area contributed by atoms with Crippen molar-refractivity contribution in [1.29, 1.82) is 0 Å². The molecule has 0 fully saturated rings. The second-order valence-corrected chi connectivity index (χ2v) is 5.39. The molecule has 3 rings (SSSR count). The SMILES string of the molecule is COc1ccc(Oc2cccc3c2C=C(C(=O)O)C(C(F)(F)F)O3)cc1. The van der Waals surface area contributed by atoms with Gasteiger partial charge >= 0.3 is 12.1 Å². The van der Waals surface area contributed by atoms with Crippen molar-refractivity contribution in [2.45, 2.75) is 12.3 Å². The van der Waals surface area contributed by atoms with Crippen LogP contribution < -0.4 is 14.2 Å². The maximum Gasteiger partial charge on any atom is 0.430 e. The third-order valence-electron chi connectivity index (χ3n) is 3.68.